The summed E-state index contributed by atoms with van der Waals surface area (Å²) in [5, 5.41) is 14.6. The minimum absolute atomic E-state index is 0.0307. The second-order valence-electron chi connectivity index (χ2n) is 10.2. The molecule has 3 aromatic rings. The van der Waals surface area contributed by atoms with E-state index in [2.05, 4.69) is 44.9 Å². The summed E-state index contributed by atoms with van der Waals surface area (Å²) >= 11 is 0. The Kier molecular flexibility index (Phi) is 7.04. The van der Waals surface area contributed by atoms with Gasteiger partial charge in [0.25, 0.3) is 5.91 Å². The zero-order valence-electron chi connectivity index (χ0n) is 20.8. The number of H-pyrrole nitrogens is 1. The van der Waals surface area contributed by atoms with Gasteiger partial charge in [0.05, 0.1) is 6.10 Å². The van der Waals surface area contributed by atoms with Crippen LogP contribution in [0.15, 0.2) is 24.8 Å². The number of piperidine rings is 1. The molecule has 188 valence electrons. The van der Waals surface area contributed by atoms with Crippen molar-refractivity contribution < 1.29 is 9.90 Å². The van der Waals surface area contributed by atoms with Crippen molar-refractivity contribution in [3.8, 4) is 0 Å². The van der Waals surface area contributed by atoms with Gasteiger partial charge in [-0.1, -0.05) is 13.3 Å². The Bertz CT molecular complexity index is 1130. The molecule has 3 aromatic heterocycles. The Morgan fingerprint density at radius 2 is 1.97 bits per heavy atom. The molecule has 1 atom stereocenters. The van der Waals surface area contributed by atoms with Crippen LogP contribution in [0.4, 0.5) is 5.95 Å². The second-order valence-corrected chi connectivity index (χ2v) is 10.2. The van der Waals surface area contributed by atoms with E-state index in [9.17, 15) is 9.90 Å². The maximum Gasteiger partial charge on any atom is 0.289 e. The van der Waals surface area contributed by atoms with Crippen LogP contribution in [-0.4, -0.2) is 65.7 Å². The topological polar surface area (TPSA) is 112 Å². The summed E-state index contributed by atoms with van der Waals surface area (Å²) < 4.78 is 2.34. The van der Waals surface area contributed by atoms with Gasteiger partial charge in [0.2, 0.25) is 5.95 Å². The van der Waals surface area contributed by atoms with E-state index in [1.807, 2.05) is 11.1 Å². The van der Waals surface area contributed by atoms with E-state index in [0.29, 0.717) is 42.9 Å². The molecule has 35 heavy (non-hydrogen) atoms. The highest BCUT2D eigenvalue weighted by atomic mass is 16.3. The van der Waals surface area contributed by atoms with Crippen LogP contribution in [0.25, 0.3) is 11.0 Å². The number of hydrogen-bond acceptors (Lipinski definition) is 6. The maximum atomic E-state index is 12.7. The van der Waals surface area contributed by atoms with Crippen LogP contribution in [0.3, 0.4) is 0 Å². The number of aromatic amines is 1. The lowest BCUT2D eigenvalue weighted by Gasteiger charge is -2.31. The van der Waals surface area contributed by atoms with Gasteiger partial charge in [-0.15, -0.1) is 0 Å². The quantitative estimate of drug-likeness (QED) is 0.467. The number of likely N-dealkylation sites (tertiary alicyclic amines) is 1. The van der Waals surface area contributed by atoms with Crippen molar-refractivity contribution in [1.29, 1.82) is 0 Å². The number of carbonyl (C=O) groups excluding carboxylic acids is 1. The standard InChI is InChI=1S/C26H37N7O2/c1-3-4-17(2)30-26-29-15-21-22(16-33(24(21)31-26)19-5-7-20(34)8-6-19)18-9-13-32(14-10-18)25(35)23-27-11-12-28-23/h11-12,15-20,34H,3-10,13-14H2,1-2H3,(H,27,28)(H,29,30,31)/t17-,19?,20?/m0/s1. The molecule has 0 radical (unpaired) electrons. The fourth-order valence-electron chi connectivity index (χ4n) is 5.71. The molecule has 9 nitrogen and oxygen atoms in total. The third-order valence-corrected chi connectivity index (χ3v) is 7.68. The Morgan fingerprint density at radius 1 is 1.20 bits per heavy atom. The molecule has 2 fully saturated rings. The van der Waals surface area contributed by atoms with Crippen LogP contribution < -0.4 is 5.32 Å². The number of nitrogens with one attached hydrogen (secondary N) is 2. The predicted octanol–water partition coefficient (Wildman–Crippen LogP) is 4.25. The van der Waals surface area contributed by atoms with Gasteiger partial charge in [0.15, 0.2) is 5.82 Å². The van der Waals surface area contributed by atoms with Crippen LogP contribution in [0.5, 0.6) is 0 Å². The van der Waals surface area contributed by atoms with Gasteiger partial charge in [0.1, 0.15) is 5.65 Å². The Morgan fingerprint density at radius 3 is 2.66 bits per heavy atom. The zero-order valence-corrected chi connectivity index (χ0v) is 20.8. The number of aromatic nitrogens is 5. The molecule has 2 aliphatic rings. The van der Waals surface area contributed by atoms with E-state index < -0.39 is 0 Å². The highest BCUT2D eigenvalue weighted by Gasteiger charge is 2.30. The van der Waals surface area contributed by atoms with Crippen LogP contribution in [0.2, 0.25) is 0 Å². The largest absolute Gasteiger partial charge is 0.393 e. The number of hydrogen-bond donors (Lipinski definition) is 3. The van der Waals surface area contributed by atoms with E-state index in [1.165, 1.54) is 5.56 Å². The third kappa shape index (κ3) is 5.05. The molecule has 0 aromatic carbocycles. The van der Waals surface area contributed by atoms with Crippen molar-refractivity contribution in [3.05, 3.63) is 36.2 Å². The third-order valence-electron chi connectivity index (χ3n) is 7.68. The van der Waals surface area contributed by atoms with Gasteiger partial charge in [-0.2, -0.15) is 4.98 Å². The van der Waals surface area contributed by atoms with Crippen LogP contribution >= 0.6 is 0 Å². The molecular weight excluding hydrogens is 442 g/mol. The summed E-state index contributed by atoms with van der Waals surface area (Å²) in [5.74, 6) is 1.41. The molecule has 1 aliphatic heterocycles. The average molecular weight is 480 g/mol. The molecule has 9 heteroatoms. The lowest BCUT2D eigenvalue weighted by atomic mass is 9.89. The predicted molar refractivity (Wildman–Crippen MR) is 135 cm³/mol. The summed E-state index contributed by atoms with van der Waals surface area (Å²) in [5.41, 5.74) is 2.26. The van der Waals surface area contributed by atoms with E-state index in [1.54, 1.807) is 12.4 Å². The molecular formula is C26H37N7O2. The highest BCUT2D eigenvalue weighted by Crippen LogP contribution is 2.38. The number of nitrogens with zero attached hydrogens (tertiary/aromatic N) is 5. The number of amides is 1. The van der Waals surface area contributed by atoms with Crippen molar-refractivity contribution in [3.63, 3.8) is 0 Å². The molecule has 0 spiro atoms. The number of carbonyl (C=O) groups is 1. The smallest absolute Gasteiger partial charge is 0.289 e. The summed E-state index contributed by atoms with van der Waals surface area (Å²) in [4.78, 5) is 31.3. The van der Waals surface area contributed by atoms with Crippen molar-refractivity contribution in [2.24, 2.45) is 0 Å². The molecule has 1 aliphatic carbocycles. The van der Waals surface area contributed by atoms with Crippen molar-refractivity contribution >= 4 is 22.9 Å². The molecule has 1 saturated carbocycles. The first-order valence-electron chi connectivity index (χ1n) is 13.1. The van der Waals surface area contributed by atoms with E-state index >= 15 is 0 Å². The van der Waals surface area contributed by atoms with E-state index in [0.717, 1.165) is 62.4 Å². The van der Waals surface area contributed by atoms with Gasteiger partial charge in [-0.3, -0.25) is 4.79 Å². The minimum Gasteiger partial charge on any atom is -0.393 e. The minimum atomic E-state index is -0.190. The first-order valence-corrected chi connectivity index (χ1v) is 13.1. The van der Waals surface area contributed by atoms with Gasteiger partial charge >= 0.3 is 0 Å². The van der Waals surface area contributed by atoms with Crippen molar-refractivity contribution in [2.45, 2.75) is 89.3 Å². The fraction of sp³-hybridized carbons (Fsp3) is 0.615. The molecule has 1 saturated heterocycles. The van der Waals surface area contributed by atoms with Crippen molar-refractivity contribution in [2.75, 3.05) is 18.4 Å². The van der Waals surface area contributed by atoms with Gasteiger partial charge < -0.3 is 24.9 Å². The van der Waals surface area contributed by atoms with Crippen LogP contribution in [0, 0.1) is 0 Å². The number of imidazole rings is 1. The summed E-state index contributed by atoms with van der Waals surface area (Å²) in [6.45, 7) is 5.77. The average Bonchev–Trinajstić information content (AvgIpc) is 3.53. The number of anilines is 1. The molecule has 1 amide bonds. The summed E-state index contributed by atoms with van der Waals surface area (Å²) in [6, 6.07) is 0.660. The fourth-order valence-corrected chi connectivity index (χ4v) is 5.71. The van der Waals surface area contributed by atoms with Crippen LogP contribution in [0.1, 0.15) is 93.4 Å². The van der Waals surface area contributed by atoms with E-state index in [4.69, 9.17) is 4.98 Å². The second kappa shape index (κ2) is 10.4. The van der Waals surface area contributed by atoms with Gasteiger partial charge in [-0.05, 0) is 63.4 Å². The molecule has 5 rings (SSSR count). The normalized spacial score (nSPS) is 22.4. The molecule has 3 N–H and O–H groups in total. The van der Waals surface area contributed by atoms with Gasteiger partial charge in [0, 0.05) is 55.3 Å². The van der Waals surface area contributed by atoms with Gasteiger partial charge in [-0.25, -0.2) is 9.97 Å². The van der Waals surface area contributed by atoms with E-state index in [-0.39, 0.29) is 12.0 Å². The lowest BCUT2D eigenvalue weighted by molar-refractivity contribution is 0.0702. The molecule has 4 heterocycles. The summed E-state index contributed by atoms with van der Waals surface area (Å²) in [7, 11) is 0. The monoisotopic (exact) mass is 479 g/mol. The van der Waals surface area contributed by atoms with Crippen molar-refractivity contribution in [1.82, 2.24) is 29.4 Å². The zero-order chi connectivity index (χ0) is 24.4. The molecule has 0 bridgehead atoms. The maximum absolute atomic E-state index is 12.7. The highest BCUT2D eigenvalue weighted by molar-refractivity contribution is 5.90. The SMILES string of the molecule is CCC[C@H](C)Nc1ncc2c(C3CCN(C(=O)c4ncc[nH]4)CC3)cn(C3CCC(O)CC3)c2n1. The summed E-state index contributed by atoms with van der Waals surface area (Å²) in [6.07, 6.45) is 15.0. The number of rotatable bonds is 7. The number of aliphatic hydroxyl groups excluding tert-OH is 1. The molecule has 0 unspecified atom stereocenters. The lowest BCUT2D eigenvalue weighted by Crippen LogP contribution is -2.38. The first-order chi connectivity index (χ1) is 17.0. The Hall–Kier alpha value is -2.94. The first kappa shape index (κ1) is 23.8. The number of aliphatic hydroxyl groups is 1. The number of fused-ring (bicyclic) bond motifs is 1. The Labute approximate surface area is 206 Å². The van der Waals surface area contributed by atoms with Crippen LogP contribution in [-0.2, 0) is 0 Å². The Balaban J connectivity index is 1.40.